The minimum atomic E-state index is -0.471. The number of nitriles is 1. The Balaban J connectivity index is 1.91. The summed E-state index contributed by atoms with van der Waals surface area (Å²) in [5.41, 5.74) is 3.52. The molecule has 29 heavy (non-hydrogen) atoms. The summed E-state index contributed by atoms with van der Waals surface area (Å²) in [7, 11) is 0. The number of carbonyl (C=O) groups is 1. The molecule has 0 spiro atoms. The van der Waals surface area contributed by atoms with Gasteiger partial charge < -0.3 is 5.32 Å². The first-order valence-electron chi connectivity index (χ1n) is 8.67. The van der Waals surface area contributed by atoms with Gasteiger partial charge in [0.25, 0.3) is 5.91 Å². The summed E-state index contributed by atoms with van der Waals surface area (Å²) in [6.45, 7) is 0. The highest BCUT2D eigenvalue weighted by molar-refractivity contribution is 9.10. The van der Waals surface area contributed by atoms with Gasteiger partial charge in [0.2, 0.25) is 0 Å². The molecule has 1 amide bonds. The topological polar surface area (TPSA) is 52.9 Å². The summed E-state index contributed by atoms with van der Waals surface area (Å²) in [6.07, 6.45) is 2.28. The van der Waals surface area contributed by atoms with Crippen molar-refractivity contribution in [2.75, 3.05) is 5.32 Å². The molecule has 0 saturated heterocycles. The zero-order valence-corrected chi connectivity index (χ0v) is 19.1. The molecule has 0 bridgehead atoms. The van der Waals surface area contributed by atoms with Gasteiger partial charge in [-0.25, -0.2) is 0 Å². The van der Waals surface area contributed by atoms with Gasteiger partial charge in [0, 0.05) is 19.7 Å². The summed E-state index contributed by atoms with van der Waals surface area (Å²) >= 11 is 12.9. The quantitative estimate of drug-likeness (QED) is 0.285. The van der Waals surface area contributed by atoms with Crippen LogP contribution in [0.2, 0.25) is 5.02 Å². The standard InChI is InChI=1S/C23H15Br2ClN2O/c24-19-6-5-15(11-16-3-1-2-4-22(16)25)17(13-19)12-18(14-27)23(29)28-21-9-7-20(26)8-10-21/h1-10,12-13H,11H2,(H,28,29)/b18-12+. The van der Waals surface area contributed by atoms with Crippen LogP contribution in [-0.4, -0.2) is 5.91 Å². The van der Waals surface area contributed by atoms with Gasteiger partial charge in [-0.05, 0) is 71.7 Å². The van der Waals surface area contributed by atoms with Crippen LogP contribution in [0.4, 0.5) is 5.69 Å². The van der Waals surface area contributed by atoms with Crippen molar-refractivity contribution in [3.63, 3.8) is 0 Å². The van der Waals surface area contributed by atoms with Crippen molar-refractivity contribution in [3.8, 4) is 6.07 Å². The lowest BCUT2D eigenvalue weighted by Gasteiger charge is -2.10. The fraction of sp³-hybridized carbons (Fsp3) is 0.0435. The summed E-state index contributed by atoms with van der Waals surface area (Å²) in [5, 5.41) is 12.9. The lowest BCUT2D eigenvalue weighted by molar-refractivity contribution is -0.112. The van der Waals surface area contributed by atoms with E-state index in [0.29, 0.717) is 17.1 Å². The van der Waals surface area contributed by atoms with Gasteiger partial charge >= 0.3 is 0 Å². The monoisotopic (exact) mass is 528 g/mol. The van der Waals surface area contributed by atoms with E-state index in [-0.39, 0.29) is 5.57 Å². The molecule has 3 rings (SSSR count). The molecule has 0 unspecified atom stereocenters. The zero-order chi connectivity index (χ0) is 20.8. The van der Waals surface area contributed by atoms with Crippen molar-refractivity contribution in [2.24, 2.45) is 0 Å². The van der Waals surface area contributed by atoms with E-state index in [2.05, 4.69) is 37.2 Å². The number of hydrogen-bond donors (Lipinski definition) is 1. The normalized spacial score (nSPS) is 11.0. The van der Waals surface area contributed by atoms with E-state index in [0.717, 1.165) is 25.6 Å². The zero-order valence-electron chi connectivity index (χ0n) is 15.1. The third kappa shape index (κ3) is 5.80. The molecule has 0 aliphatic carbocycles. The third-order valence-corrected chi connectivity index (χ3v) is 5.73. The number of nitrogens with zero attached hydrogens (tertiary/aromatic N) is 1. The van der Waals surface area contributed by atoms with Crippen molar-refractivity contribution in [2.45, 2.75) is 6.42 Å². The number of nitrogens with one attached hydrogen (secondary N) is 1. The smallest absolute Gasteiger partial charge is 0.266 e. The molecule has 0 atom stereocenters. The molecule has 144 valence electrons. The molecule has 0 aromatic heterocycles. The van der Waals surface area contributed by atoms with E-state index >= 15 is 0 Å². The largest absolute Gasteiger partial charge is 0.321 e. The SMILES string of the molecule is N#C/C(=C\c1cc(Br)ccc1Cc1ccccc1Br)C(=O)Nc1ccc(Cl)cc1. The van der Waals surface area contributed by atoms with Gasteiger partial charge in [0.15, 0.2) is 0 Å². The van der Waals surface area contributed by atoms with Gasteiger partial charge in [0.05, 0.1) is 0 Å². The summed E-state index contributed by atoms with van der Waals surface area (Å²) in [5.74, 6) is -0.471. The van der Waals surface area contributed by atoms with E-state index in [9.17, 15) is 10.1 Å². The van der Waals surface area contributed by atoms with Gasteiger partial charge in [0.1, 0.15) is 11.6 Å². The van der Waals surface area contributed by atoms with Crippen LogP contribution in [0.3, 0.4) is 0 Å². The molecule has 1 N–H and O–H groups in total. The number of hydrogen-bond acceptors (Lipinski definition) is 2. The predicted octanol–water partition coefficient (Wildman–Crippen LogP) is 7.00. The second-order valence-electron chi connectivity index (χ2n) is 6.24. The minimum Gasteiger partial charge on any atom is -0.321 e. The number of carbonyl (C=O) groups excluding carboxylic acids is 1. The average molecular weight is 531 g/mol. The Bertz CT molecular complexity index is 1120. The van der Waals surface area contributed by atoms with Gasteiger partial charge in [-0.2, -0.15) is 5.26 Å². The number of anilines is 1. The molecule has 0 fully saturated rings. The van der Waals surface area contributed by atoms with Crippen LogP contribution < -0.4 is 5.32 Å². The lowest BCUT2D eigenvalue weighted by Crippen LogP contribution is -2.13. The second-order valence-corrected chi connectivity index (χ2v) is 8.45. The Labute approximate surface area is 191 Å². The van der Waals surface area contributed by atoms with Crippen LogP contribution in [0.5, 0.6) is 0 Å². The first-order valence-corrected chi connectivity index (χ1v) is 10.6. The van der Waals surface area contributed by atoms with E-state index in [1.807, 2.05) is 48.5 Å². The maximum absolute atomic E-state index is 12.6. The fourth-order valence-corrected chi connectivity index (χ4v) is 3.67. The Morgan fingerprint density at radius 3 is 2.45 bits per heavy atom. The molecule has 6 heteroatoms. The van der Waals surface area contributed by atoms with Gasteiger partial charge in [-0.3, -0.25) is 4.79 Å². The Morgan fingerprint density at radius 1 is 1.03 bits per heavy atom. The maximum atomic E-state index is 12.6. The highest BCUT2D eigenvalue weighted by Crippen LogP contribution is 2.25. The van der Waals surface area contributed by atoms with Crippen LogP contribution in [0.25, 0.3) is 6.08 Å². The highest BCUT2D eigenvalue weighted by Gasteiger charge is 2.12. The Morgan fingerprint density at radius 2 is 1.76 bits per heavy atom. The van der Waals surface area contributed by atoms with E-state index in [1.165, 1.54) is 0 Å². The van der Waals surface area contributed by atoms with Gasteiger partial charge in [-0.15, -0.1) is 0 Å². The summed E-state index contributed by atoms with van der Waals surface area (Å²) in [4.78, 5) is 12.6. The molecule has 3 aromatic carbocycles. The molecule has 0 radical (unpaired) electrons. The average Bonchev–Trinajstić information content (AvgIpc) is 2.71. The van der Waals surface area contributed by atoms with Crippen LogP contribution in [0.15, 0.2) is 81.2 Å². The van der Waals surface area contributed by atoms with Crippen molar-refractivity contribution in [1.82, 2.24) is 0 Å². The van der Waals surface area contributed by atoms with Crippen LogP contribution in [0, 0.1) is 11.3 Å². The van der Waals surface area contributed by atoms with Crippen LogP contribution >= 0.6 is 43.5 Å². The number of benzene rings is 3. The number of halogens is 3. The molecular weight excluding hydrogens is 516 g/mol. The predicted molar refractivity (Wildman–Crippen MR) is 125 cm³/mol. The number of amides is 1. The molecule has 0 saturated carbocycles. The van der Waals surface area contributed by atoms with Crippen molar-refractivity contribution >= 4 is 61.1 Å². The molecule has 0 aliphatic heterocycles. The summed E-state index contributed by atoms with van der Waals surface area (Å²) in [6, 6.07) is 22.5. The first kappa shape index (κ1) is 21.3. The van der Waals surface area contributed by atoms with Gasteiger partial charge in [-0.1, -0.05) is 67.7 Å². The van der Waals surface area contributed by atoms with E-state index in [1.54, 1.807) is 30.3 Å². The lowest BCUT2D eigenvalue weighted by atomic mass is 9.98. The fourth-order valence-electron chi connectivity index (χ4n) is 2.74. The molecular formula is C23H15Br2ClN2O. The maximum Gasteiger partial charge on any atom is 0.266 e. The van der Waals surface area contributed by atoms with E-state index in [4.69, 9.17) is 11.6 Å². The van der Waals surface area contributed by atoms with E-state index < -0.39 is 5.91 Å². The van der Waals surface area contributed by atoms with Crippen molar-refractivity contribution in [3.05, 3.63) is 103 Å². The van der Waals surface area contributed by atoms with Crippen LogP contribution in [-0.2, 0) is 11.2 Å². The molecule has 0 heterocycles. The molecule has 0 aliphatic rings. The van der Waals surface area contributed by atoms with Crippen molar-refractivity contribution in [1.29, 1.82) is 5.26 Å². The number of rotatable bonds is 5. The highest BCUT2D eigenvalue weighted by atomic mass is 79.9. The second kappa shape index (κ2) is 9.89. The minimum absolute atomic E-state index is 0.0198. The first-order chi connectivity index (χ1) is 14.0. The summed E-state index contributed by atoms with van der Waals surface area (Å²) < 4.78 is 1.88. The third-order valence-electron chi connectivity index (χ3n) is 4.21. The Hall–Kier alpha value is -2.39. The molecule has 3 aromatic rings. The Kier molecular flexibility index (Phi) is 7.27. The van der Waals surface area contributed by atoms with Crippen LogP contribution in [0.1, 0.15) is 16.7 Å². The molecule has 3 nitrogen and oxygen atoms in total. The van der Waals surface area contributed by atoms with Crippen molar-refractivity contribution < 1.29 is 4.79 Å².